The standard InChI is InChI=1S/C12H17ClFNO/c1-3-10(16)7-15-8(2)9-4-5-12(14)11(13)6-9/h4-6,8,10,15-16H,3,7H2,1-2H3/t8-,10+/m0/s1. The third-order valence-electron chi connectivity index (χ3n) is 2.57. The zero-order valence-electron chi connectivity index (χ0n) is 9.50. The van der Waals surface area contributed by atoms with Gasteiger partial charge in [0.15, 0.2) is 0 Å². The van der Waals surface area contributed by atoms with Crippen LogP contribution in [0.2, 0.25) is 5.02 Å². The van der Waals surface area contributed by atoms with Crippen LogP contribution in [-0.2, 0) is 0 Å². The van der Waals surface area contributed by atoms with E-state index in [1.165, 1.54) is 6.07 Å². The highest BCUT2D eigenvalue weighted by Gasteiger charge is 2.09. The molecular weight excluding hydrogens is 229 g/mol. The Morgan fingerprint density at radius 1 is 1.50 bits per heavy atom. The molecule has 16 heavy (non-hydrogen) atoms. The average molecular weight is 246 g/mol. The van der Waals surface area contributed by atoms with E-state index in [1.54, 1.807) is 12.1 Å². The maximum atomic E-state index is 12.9. The van der Waals surface area contributed by atoms with Gasteiger partial charge in [0.2, 0.25) is 0 Å². The maximum absolute atomic E-state index is 12.9. The molecule has 1 aromatic carbocycles. The van der Waals surface area contributed by atoms with Gasteiger partial charge in [-0.1, -0.05) is 24.6 Å². The monoisotopic (exact) mass is 245 g/mol. The van der Waals surface area contributed by atoms with Gasteiger partial charge in [-0.2, -0.15) is 0 Å². The number of aliphatic hydroxyl groups excluding tert-OH is 1. The predicted molar refractivity (Wildman–Crippen MR) is 64.1 cm³/mol. The average Bonchev–Trinajstić information content (AvgIpc) is 2.29. The third kappa shape index (κ3) is 3.74. The SMILES string of the molecule is CC[C@@H](O)CN[C@@H](C)c1ccc(F)c(Cl)c1. The Kier molecular flexibility index (Phi) is 5.19. The van der Waals surface area contributed by atoms with Crippen molar-refractivity contribution in [3.05, 3.63) is 34.6 Å². The van der Waals surface area contributed by atoms with Crippen molar-refractivity contribution in [2.24, 2.45) is 0 Å². The molecule has 0 fully saturated rings. The lowest BCUT2D eigenvalue weighted by atomic mass is 10.1. The summed E-state index contributed by atoms with van der Waals surface area (Å²) in [6.07, 6.45) is 0.363. The van der Waals surface area contributed by atoms with Gasteiger partial charge < -0.3 is 10.4 Å². The normalized spacial score (nSPS) is 14.8. The zero-order chi connectivity index (χ0) is 12.1. The Bertz CT molecular complexity index is 346. The van der Waals surface area contributed by atoms with E-state index in [9.17, 15) is 9.50 Å². The van der Waals surface area contributed by atoms with Gasteiger partial charge in [-0.3, -0.25) is 0 Å². The van der Waals surface area contributed by atoms with Crippen molar-refractivity contribution >= 4 is 11.6 Å². The highest BCUT2D eigenvalue weighted by atomic mass is 35.5. The molecule has 90 valence electrons. The zero-order valence-corrected chi connectivity index (χ0v) is 10.3. The van der Waals surface area contributed by atoms with E-state index in [0.29, 0.717) is 13.0 Å². The fourth-order valence-electron chi connectivity index (χ4n) is 1.36. The van der Waals surface area contributed by atoms with E-state index in [4.69, 9.17) is 11.6 Å². The second-order valence-electron chi connectivity index (χ2n) is 3.87. The minimum absolute atomic E-state index is 0.0410. The molecule has 0 radical (unpaired) electrons. The van der Waals surface area contributed by atoms with E-state index in [-0.39, 0.29) is 17.2 Å². The van der Waals surface area contributed by atoms with Crippen molar-refractivity contribution in [2.75, 3.05) is 6.54 Å². The number of halogens is 2. The molecule has 4 heteroatoms. The van der Waals surface area contributed by atoms with Gasteiger partial charge in [-0.05, 0) is 31.0 Å². The summed E-state index contributed by atoms with van der Waals surface area (Å²) < 4.78 is 12.9. The summed E-state index contributed by atoms with van der Waals surface area (Å²) in [5.41, 5.74) is 0.912. The molecule has 0 bridgehead atoms. The summed E-state index contributed by atoms with van der Waals surface area (Å²) in [5.74, 6) is -0.411. The Labute approximate surface area is 100 Å². The first-order chi connectivity index (χ1) is 7.54. The molecule has 2 atom stereocenters. The molecule has 0 heterocycles. The molecular formula is C12H17ClFNO. The summed E-state index contributed by atoms with van der Waals surface area (Å²) >= 11 is 5.70. The topological polar surface area (TPSA) is 32.3 Å². The summed E-state index contributed by atoms with van der Waals surface area (Å²) in [7, 11) is 0. The molecule has 2 nitrogen and oxygen atoms in total. The number of benzene rings is 1. The summed E-state index contributed by atoms with van der Waals surface area (Å²) in [6, 6.07) is 4.69. The predicted octanol–water partition coefficient (Wildman–Crippen LogP) is 2.90. The first-order valence-electron chi connectivity index (χ1n) is 5.41. The van der Waals surface area contributed by atoms with Crippen molar-refractivity contribution in [2.45, 2.75) is 32.4 Å². The molecule has 0 amide bonds. The van der Waals surface area contributed by atoms with Crippen LogP contribution >= 0.6 is 11.6 Å². The molecule has 0 aromatic heterocycles. The van der Waals surface area contributed by atoms with E-state index in [1.807, 2.05) is 13.8 Å². The second kappa shape index (κ2) is 6.18. The van der Waals surface area contributed by atoms with Crippen molar-refractivity contribution in [3.8, 4) is 0 Å². The van der Waals surface area contributed by atoms with Crippen LogP contribution in [0, 0.1) is 5.82 Å². The number of aliphatic hydroxyl groups is 1. The third-order valence-corrected chi connectivity index (χ3v) is 2.86. The highest BCUT2D eigenvalue weighted by Crippen LogP contribution is 2.20. The quantitative estimate of drug-likeness (QED) is 0.836. The van der Waals surface area contributed by atoms with Crippen LogP contribution in [0.25, 0.3) is 0 Å². The van der Waals surface area contributed by atoms with Crippen molar-refractivity contribution in [1.82, 2.24) is 5.32 Å². The van der Waals surface area contributed by atoms with Gasteiger partial charge in [0.25, 0.3) is 0 Å². The summed E-state index contributed by atoms with van der Waals surface area (Å²) in [5, 5.41) is 12.7. The van der Waals surface area contributed by atoms with Crippen molar-refractivity contribution in [3.63, 3.8) is 0 Å². The minimum Gasteiger partial charge on any atom is -0.392 e. The molecule has 0 unspecified atom stereocenters. The van der Waals surface area contributed by atoms with E-state index >= 15 is 0 Å². The van der Waals surface area contributed by atoms with Crippen LogP contribution in [-0.4, -0.2) is 17.8 Å². The van der Waals surface area contributed by atoms with E-state index in [2.05, 4.69) is 5.32 Å². The highest BCUT2D eigenvalue weighted by molar-refractivity contribution is 6.30. The lowest BCUT2D eigenvalue weighted by Crippen LogP contribution is -2.28. The van der Waals surface area contributed by atoms with Gasteiger partial charge in [-0.25, -0.2) is 4.39 Å². The number of hydrogen-bond acceptors (Lipinski definition) is 2. The van der Waals surface area contributed by atoms with Gasteiger partial charge in [0, 0.05) is 12.6 Å². The van der Waals surface area contributed by atoms with Crippen molar-refractivity contribution < 1.29 is 9.50 Å². The molecule has 1 rings (SSSR count). The summed E-state index contributed by atoms with van der Waals surface area (Å²) in [6.45, 7) is 4.39. The Balaban J connectivity index is 2.59. The smallest absolute Gasteiger partial charge is 0.141 e. The largest absolute Gasteiger partial charge is 0.392 e. The fourth-order valence-corrected chi connectivity index (χ4v) is 1.55. The van der Waals surface area contributed by atoms with Crippen molar-refractivity contribution in [1.29, 1.82) is 0 Å². The van der Waals surface area contributed by atoms with Gasteiger partial charge >= 0.3 is 0 Å². The van der Waals surface area contributed by atoms with Crippen LogP contribution in [0.15, 0.2) is 18.2 Å². The van der Waals surface area contributed by atoms with E-state index < -0.39 is 5.82 Å². The number of hydrogen-bond donors (Lipinski definition) is 2. The lowest BCUT2D eigenvalue weighted by molar-refractivity contribution is 0.164. The second-order valence-corrected chi connectivity index (χ2v) is 4.27. The van der Waals surface area contributed by atoms with Crippen LogP contribution < -0.4 is 5.32 Å². The van der Waals surface area contributed by atoms with Crippen LogP contribution in [0.5, 0.6) is 0 Å². The lowest BCUT2D eigenvalue weighted by Gasteiger charge is -2.17. The Hall–Kier alpha value is -0.640. The summed E-state index contributed by atoms with van der Waals surface area (Å²) in [4.78, 5) is 0. The molecule has 0 aliphatic rings. The van der Waals surface area contributed by atoms with Gasteiger partial charge in [0.05, 0.1) is 11.1 Å². The first-order valence-corrected chi connectivity index (χ1v) is 5.78. The van der Waals surface area contributed by atoms with Gasteiger partial charge in [0.1, 0.15) is 5.82 Å². The molecule has 2 N–H and O–H groups in total. The van der Waals surface area contributed by atoms with E-state index in [0.717, 1.165) is 5.56 Å². The Morgan fingerprint density at radius 3 is 2.75 bits per heavy atom. The van der Waals surface area contributed by atoms with Crippen LogP contribution in [0.3, 0.4) is 0 Å². The van der Waals surface area contributed by atoms with Gasteiger partial charge in [-0.15, -0.1) is 0 Å². The number of nitrogens with one attached hydrogen (secondary N) is 1. The molecule has 0 aliphatic heterocycles. The minimum atomic E-state index is -0.411. The molecule has 0 spiro atoms. The molecule has 1 aromatic rings. The molecule has 0 saturated heterocycles. The maximum Gasteiger partial charge on any atom is 0.141 e. The molecule has 0 saturated carbocycles. The first kappa shape index (κ1) is 13.4. The number of rotatable bonds is 5. The fraction of sp³-hybridized carbons (Fsp3) is 0.500. The van der Waals surface area contributed by atoms with Crippen LogP contribution in [0.4, 0.5) is 4.39 Å². The van der Waals surface area contributed by atoms with Crippen LogP contribution in [0.1, 0.15) is 31.9 Å². The molecule has 0 aliphatic carbocycles. The Morgan fingerprint density at radius 2 is 2.19 bits per heavy atom.